The minimum atomic E-state index is 0.500. The highest BCUT2D eigenvalue weighted by molar-refractivity contribution is 5.77. The van der Waals surface area contributed by atoms with Crippen LogP contribution in [0.25, 0.3) is 0 Å². The Balaban J connectivity index is 2.51. The Hall–Kier alpha value is -1.52. The maximum absolute atomic E-state index is 5.68. The molecule has 0 aliphatic heterocycles. The number of hydrogen-bond donors (Lipinski definition) is 2. The Bertz CT molecular complexity index is 340. The van der Waals surface area contributed by atoms with E-state index >= 15 is 0 Å². The monoisotopic (exact) mass is 209 g/mol. The molecule has 0 aliphatic carbocycles. The standard InChI is InChI=1S/C10H19N5/c1-4-5-12-10(11)13-6-9-7-15(3)14-8(9)2/h7H,4-6H2,1-3H3,(H3,11,12,13). The van der Waals surface area contributed by atoms with Crippen LogP contribution >= 0.6 is 0 Å². The van der Waals surface area contributed by atoms with Gasteiger partial charge in [0.1, 0.15) is 0 Å². The summed E-state index contributed by atoms with van der Waals surface area (Å²) in [5.41, 5.74) is 7.79. The van der Waals surface area contributed by atoms with E-state index < -0.39 is 0 Å². The van der Waals surface area contributed by atoms with Crippen molar-refractivity contribution < 1.29 is 0 Å². The predicted molar refractivity (Wildman–Crippen MR) is 61.6 cm³/mol. The van der Waals surface area contributed by atoms with Crippen molar-refractivity contribution in [1.82, 2.24) is 15.1 Å². The molecule has 0 atom stereocenters. The summed E-state index contributed by atoms with van der Waals surface area (Å²) in [6, 6.07) is 0. The van der Waals surface area contributed by atoms with Crippen LogP contribution in [0.15, 0.2) is 11.2 Å². The number of nitrogens with two attached hydrogens (primary N) is 1. The highest BCUT2D eigenvalue weighted by Crippen LogP contribution is 2.05. The second-order valence-corrected chi connectivity index (χ2v) is 3.54. The largest absolute Gasteiger partial charge is 0.370 e. The summed E-state index contributed by atoms with van der Waals surface area (Å²) in [5, 5.41) is 7.27. The Labute approximate surface area is 90.4 Å². The van der Waals surface area contributed by atoms with E-state index in [1.54, 1.807) is 4.68 Å². The zero-order chi connectivity index (χ0) is 11.3. The molecular formula is C10H19N5. The topological polar surface area (TPSA) is 68.2 Å². The first-order valence-electron chi connectivity index (χ1n) is 5.16. The fraction of sp³-hybridized carbons (Fsp3) is 0.600. The maximum atomic E-state index is 5.68. The van der Waals surface area contributed by atoms with Crippen LogP contribution in [0.2, 0.25) is 0 Å². The van der Waals surface area contributed by atoms with Gasteiger partial charge in [-0.25, -0.2) is 4.99 Å². The number of aliphatic imine (C=N–C) groups is 1. The Kier molecular flexibility index (Phi) is 4.15. The highest BCUT2D eigenvalue weighted by Gasteiger charge is 2.01. The SMILES string of the molecule is CCCNC(N)=NCc1cn(C)nc1C. The van der Waals surface area contributed by atoms with Gasteiger partial charge in [-0.3, -0.25) is 4.68 Å². The van der Waals surface area contributed by atoms with Crippen LogP contribution in [-0.2, 0) is 13.6 Å². The van der Waals surface area contributed by atoms with Gasteiger partial charge in [0.05, 0.1) is 12.2 Å². The third-order valence-electron chi connectivity index (χ3n) is 2.09. The van der Waals surface area contributed by atoms with Gasteiger partial charge in [0.25, 0.3) is 0 Å². The molecule has 0 amide bonds. The number of hydrogen-bond acceptors (Lipinski definition) is 2. The Morgan fingerprint density at radius 2 is 2.40 bits per heavy atom. The van der Waals surface area contributed by atoms with Crippen LogP contribution in [0.1, 0.15) is 24.6 Å². The van der Waals surface area contributed by atoms with Gasteiger partial charge in [0, 0.05) is 25.4 Å². The van der Waals surface area contributed by atoms with E-state index in [2.05, 4.69) is 22.3 Å². The van der Waals surface area contributed by atoms with Crippen molar-refractivity contribution in [1.29, 1.82) is 0 Å². The van der Waals surface area contributed by atoms with Crippen LogP contribution in [0.3, 0.4) is 0 Å². The first kappa shape index (κ1) is 11.6. The third-order valence-corrected chi connectivity index (χ3v) is 2.09. The molecule has 84 valence electrons. The average Bonchev–Trinajstić information content (AvgIpc) is 2.51. The summed E-state index contributed by atoms with van der Waals surface area (Å²) in [5.74, 6) is 0.500. The van der Waals surface area contributed by atoms with Crippen molar-refractivity contribution in [2.45, 2.75) is 26.8 Å². The maximum Gasteiger partial charge on any atom is 0.188 e. The molecule has 0 aromatic carbocycles. The summed E-state index contributed by atoms with van der Waals surface area (Å²) < 4.78 is 1.79. The summed E-state index contributed by atoms with van der Waals surface area (Å²) in [6.07, 6.45) is 3.01. The molecule has 1 aromatic rings. The van der Waals surface area contributed by atoms with Gasteiger partial charge in [0.15, 0.2) is 5.96 Å². The summed E-state index contributed by atoms with van der Waals surface area (Å²) in [4.78, 5) is 4.24. The van der Waals surface area contributed by atoms with E-state index in [9.17, 15) is 0 Å². The van der Waals surface area contributed by atoms with Crippen molar-refractivity contribution in [3.63, 3.8) is 0 Å². The molecule has 5 nitrogen and oxygen atoms in total. The number of aryl methyl sites for hydroxylation is 2. The summed E-state index contributed by atoms with van der Waals surface area (Å²) in [6.45, 7) is 5.51. The second-order valence-electron chi connectivity index (χ2n) is 3.54. The number of aromatic nitrogens is 2. The predicted octanol–water partition coefficient (Wildman–Crippen LogP) is 0.543. The fourth-order valence-corrected chi connectivity index (χ4v) is 1.28. The number of guanidine groups is 1. The Morgan fingerprint density at radius 3 is 2.93 bits per heavy atom. The minimum absolute atomic E-state index is 0.500. The van der Waals surface area contributed by atoms with Crippen molar-refractivity contribution in [2.24, 2.45) is 17.8 Å². The molecule has 0 aliphatic rings. The quantitative estimate of drug-likeness (QED) is 0.562. The number of nitrogens with zero attached hydrogens (tertiary/aromatic N) is 3. The third kappa shape index (κ3) is 3.61. The lowest BCUT2D eigenvalue weighted by Gasteiger charge is -2.02. The van der Waals surface area contributed by atoms with Gasteiger partial charge < -0.3 is 11.1 Å². The van der Waals surface area contributed by atoms with E-state index in [0.29, 0.717) is 12.5 Å². The highest BCUT2D eigenvalue weighted by atomic mass is 15.3. The van der Waals surface area contributed by atoms with Crippen LogP contribution in [0, 0.1) is 6.92 Å². The molecule has 0 saturated carbocycles. The van der Waals surface area contributed by atoms with E-state index in [0.717, 1.165) is 24.2 Å². The van der Waals surface area contributed by atoms with E-state index in [4.69, 9.17) is 5.73 Å². The number of rotatable bonds is 4. The Morgan fingerprint density at radius 1 is 1.67 bits per heavy atom. The molecule has 1 heterocycles. The molecule has 5 heteroatoms. The molecule has 0 fully saturated rings. The zero-order valence-electron chi connectivity index (χ0n) is 9.62. The van der Waals surface area contributed by atoms with E-state index in [-0.39, 0.29) is 0 Å². The van der Waals surface area contributed by atoms with Gasteiger partial charge in [-0.1, -0.05) is 6.92 Å². The normalized spacial score (nSPS) is 11.8. The second kappa shape index (κ2) is 5.38. The van der Waals surface area contributed by atoms with E-state index in [1.165, 1.54) is 0 Å². The van der Waals surface area contributed by atoms with Crippen LogP contribution < -0.4 is 11.1 Å². The van der Waals surface area contributed by atoms with Gasteiger partial charge in [-0.15, -0.1) is 0 Å². The molecule has 0 spiro atoms. The molecule has 1 rings (SSSR count). The van der Waals surface area contributed by atoms with Crippen molar-refractivity contribution in [3.8, 4) is 0 Å². The fourth-order valence-electron chi connectivity index (χ4n) is 1.28. The van der Waals surface area contributed by atoms with Crippen LogP contribution in [0.5, 0.6) is 0 Å². The molecule has 0 unspecified atom stereocenters. The molecule has 15 heavy (non-hydrogen) atoms. The van der Waals surface area contributed by atoms with Gasteiger partial charge >= 0.3 is 0 Å². The van der Waals surface area contributed by atoms with Crippen molar-refractivity contribution >= 4 is 5.96 Å². The van der Waals surface area contributed by atoms with Crippen molar-refractivity contribution in [3.05, 3.63) is 17.5 Å². The van der Waals surface area contributed by atoms with E-state index in [1.807, 2.05) is 20.2 Å². The first-order chi connectivity index (χ1) is 7.13. The van der Waals surface area contributed by atoms with Gasteiger partial charge in [-0.2, -0.15) is 5.10 Å². The summed E-state index contributed by atoms with van der Waals surface area (Å²) in [7, 11) is 1.90. The summed E-state index contributed by atoms with van der Waals surface area (Å²) >= 11 is 0. The minimum Gasteiger partial charge on any atom is -0.370 e. The lowest BCUT2D eigenvalue weighted by molar-refractivity contribution is 0.756. The molecule has 0 radical (unpaired) electrons. The van der Waals surface area contributed by atoms with Gasteiger partial charge in [0.2, 0.25) is 0 Å². The van der Waals surface area contributed by atoms with Crippen LogP contribution in [-0.4, -0.2) is 22.3 Å². The lowest BCUT2D eigenvalue weighted by Crippen LogP contribution is -2.32. The average molecular weight is 209 g/mol. The smallest absolute Gasteiger partial charge is 0.188 e. The molecular weight excluding hydrogens is 190 g/mol. The first-order valence-corrected chi connectivity index (χ1v) is 5.16. The molecule has 0 bridgehead atoms. The van der Waals surface area contributed by atoms with Crippen molar-refractivity contribution in [2.75, 3.05) is 6.54 Å². The lowest BCUT2D eigenvalue weighted by atomic mass is 10.3. The molecule has 0 saturated heterocycles. The number of nitrogens with one attached hydrogen (secondary N) is 1. The molecule has 3 N–H and O–H groups in total. The zero-order valence-corrected chi connectivity index (χ0v) is 9.62. The van der Waals surface area contributed by atoms with Gasteiger partial charge in [-0.05, 0) is 13.3 Å². The van der Waals surface area contributed by atoms with Crippen LogP contribution in [0.4, 0.5) is 0 Å². The molecule has 1 aromatic heterocycles.